The molecule has 2 heterocycles. The molecule has 0 atom stereocenters. The normalized spacial score (nSPS) is 16.0. The molecule has 4 nitrogen and oxygen atoms in total. The second-order valence-electron chi connectivity index (χ2n) is 5.44. The number of ether oxygens (including phenoxy) is 1. The number of piperidine rings is 1. The Hall–Kier alpha value is -2.17. The van der Waals surface area contributed by atoms with Gasteiger partial charge in [0.05, 0.1) is 0 Å². The molecule has 21 heavy (non-hydrogen) atoms. The summed E-state index contributed by atoms with van der Waals surface area (Å²) in [6.45, 7) is 4.27. The van der Waals surface area contributed by atoms with Gasteiger partial charge in [-0.15, -0.1) is 0 Å². The van der Waals surface area contributed by atoms with Crippen LogP contribution in [-0.2, 0) is 0 Å². The van der Waals surface area contributed by atoms with Gasteiger partial charge in [0, 0.05) is 25.2 Å². The van der Waals surface area contributed by atoms with Gasteiger partial charge in [-0.2, -0.15) is 0 Å². The molecule has 0 amide bonds. The number of aromatic nitrogens is 2. The fraction of sp³-hybridized carbons (Fsp3) is 0.375. The van der Waals surface area contributed by atoms with Crippen molar-refractivity contribution in [2.45, 2.75) is 19.8 Å². The molecule has 2 aromatic rings. The van der Waals surface area contributed by atoms with Gasteiger partial charge < -0.3 is 9.64 Å². The summed E-state index contributed by atoms with van der Waals surface area (Å²) in [7, 11) is 0. The smallest absolute Gasteiger partial charge is 0.224 e. The SMILES string of the molecule is CC1CCN(c2cc(Oc3cccc(F)c3)ncn2)CC1. The van der Waals surface area contributed by atoms with Gasteiger partial charge in [-0.05, 0) is 30.9 Å². The second kappa shape index (κ2) is 6.08. The molecule has 1 aromatic heterocycles. The Balaban J connectivity index is 1.74. The minimum absolute atomic E-state index is 0.327. The molecule has 3 rings (SSSR count). The molecule has 0 unspecified atom stereocenters. The zero-order valence-corrected chi connectivity index (χ0v) is 12.0. The predicted octanol–water partition coefficient (Wildman–Crippen LogP) is 3.64. The Morgan fingerprint density at radius 3 is 2.76 bits per heavy atom. The summed E-state index contributed by atoms with van der Waals surface area (Å²) < 4.78 is 18.7. The summed E-state index contributed by atoms with van der Waals surface area (Å²) in [6.07, 6.45) is 3.83. The van der Waals surface area contributed by atoms with Gasteiger partial charge in [-0.3, -0.25) is 0 Å². The van der Waals surface area contributed by atoms with Crippen molar-refractivity contribution < 1.29 is 9.13 Å². The predicted molar refractivity (Wildman–Crippen MR) is 79.1 cm³/mol. The van der Waals surface area contributed by atoms with Crippen LogP contribution in [0.15, 0.2) is 36.7 Å². The summed E-state index contributed by atoms with van der Waals surface area (Å²) >= 11 is 0. The van der Waals surface area contributed by atoms with Gasteiger partial charge in [0.25, 0.3) is 0 Å². The molecule has 1 saturated heterocycles. The van der Waals surface area contributed by atoms with Crippen LogP contribution in [0, 0.1) is 11.7 Å². The molecule has 0 radical (unpaired) electrons. The maximum absolute atomic E-state index is 13.2. The second-order valence-corrected chi connectivity index (χ2v) is 5.44. The maximum Gasteiger partial charge on any atom is 0.224 e. The number of hydrogen-bond donors (Lipinski definition) is 0. The van der Waals surface area contributed by atoms with Gasteiger partial charge in [-0.25, -0.2) is 14.4 Å². The molecule has 0 aliphatic carbocycles. The molecule has 0 saturated carbocycles. The Bertz CT molecular complexity index is 612. The van der Waals surface area contributed by atoms with Crippen LogP contribution in [0.25, 0.3) is 0 Å². The van der Waals surface area contributed by atoms with E-state index in [2.05, 4.69) is 21.8 Å². The van der Waals surface area contributed by atoms with Crippen molar-refractivity contribution in [2.24, 2.45) is 5.92 Å². The van der Waals surface area contributed by atoms with Gasteiger partial charge in [0.15, 0.2) is 0 Å². The molecule has 1 aliphatic heterocycles. The van der Waals surface area contributed by atoms with E-state index in [4.69, 9.17) is 4.74 Å². The fourth-order valence-electron chi connectivity index (χ4n) is 2.45. The Morgan fingerprint density at radius 1 is 1.19 bits per heavy atom. The molecule has 0 N–H and O–H groups in total. The van der Waals surface area contributed by atoms with E-state index in [-0.39, 0.29) is 5.82 Å². The van der Waals surface area contributed by atoms with Crippen molar-refractivity contribution in [3.05, 3.63) is 42.5 Å². The van der Waals surface area contributed by atoms with Gasteiger partial charge in [-0.1, -0.05) is 13.0 Å². The molecule has 0 bridgehead atoms. The molecule has 0 spiro atoms. The highest BCUT2D eigenvalue weighted by Gasteiger charge is 2.17. The largest absolute Gasteiger partial charge is 0.439 e. The highest BCUT2D eigenvalue weighted by Crippen LogP contribution is 2.25. The number of hydrogen-bond acceptors (Lipinski definition) is 4. The number of halogens is 1. The molecule has 1 fully saturated rings. The van der Waals surface area contributed by atoms with Gasteiger partial charge in [0.2, 0.25) is 5.88 Å². The van der Waals surface area contributed by atoms with Crippen LogP contribution in [0.5, 0.6) is 11.6 Å². The van der Waals surface area contributed by atoms with E-state index in [1.165, 1.54) is 31.3 Å². The van der Waals surface area contributed by atoms with Crippen LogP contribution in [-0.4, -0.2) is 23.1 Å². The number of rotatable bonds is 3. The summed E-state index contributed by atoms with van der Waals surface area (Å²) in [5.74, 6) is 2.18. The summed E-state index contributed by atoms with van der Waals surface area (Å²) in [6, 6.07) is 7.84. The van der Waals surface area contributed by atoms with Gasteiger partial charge >= 0.3 is 0 Å². The first-order chi connectivity index (χ1) is 10.2. The van der Waals surface area contributed by atoms with Crippen molar-refractivity contribution in [1.29, 1.82) is 0 Å². The van der Waals surface area contributed by atoms with Crippen molar-refractivity contribution >= 4 is 5.82 Å². The van der Waals surface area contributed by atoms with Crippen LogP contribution in [0.2, 0.25) is 0 Å². The molecular formula is C16H18FN3O. The number of anilines is 1. The van der Waals surface area contributed by atoms with Crippen molar-refractivity contribution in [3.8, 4) is 11.6 Å². The third-order valence-corrected chi connectivity index (χ3v) is 3.75. The molecular weight excluding hydrogens is 269 g/mol. The van der Waals surface area contributed by atoms with E-state index in [0.29, 0.717) is 11.6 Å². The van der Waals surface area contributed by atoms with Crippen LogP contribution in [0.3, 0.4) is 0 Å². The zero-order valence-electron chi connectivity index (χ0n) is 12.0. The lowest BCUT2D eigenvalue weighted by Crippen LogP contribution is -2.33. The topological polar surface area (TPSA) is 38.2 Å². The van der Waals surface area contributed by atoms with E-state index in [1.807, 2.05) is 0 Å². The average molecular weight is 287 g/mol. The Kier molecular flexibility index (Phi) is 3.99. The van der Waals surface area contributed by atoms with E-state index in [9.17, 15) is 4.39 Å². The lowest BCUT2D eigenvalue weighted by Gasteiger charge is -2.31. The lowest BCUT2D eigenvalue weighted by molar-refractivity contribution is 0.433. The first-order valence-corrected chi connectivity index (χ1v) is 7.21. The summed E-state index contributed by atoms with van der Waals surface area (Å²) in [4.78, 5) is 10.6. The Labute approximate surface area is 123 Å². The highest BCUT2D eigenvalue weighted by molar-refractivity contribution is 5.42. The molecule has 1 aromatic carbocycles. The number of nitrogens with zero attached hydrogens (tertiary/aromatic N) is 3. The fourth-order valence-corrected chi connectivity index (χ4v) is 2.45. The van der Waals surface area contributed by atoms with E-state index in [0.717, 1.165) is 24.8 Å². The van der Waals surface area contributed by atoms with Crippen molar-refractivity contribution in [1.82, 2.24) is 9.97 Å². The summed E-state index contributed by atoms with van der Waals surface area (Å²) in [5.41, 5.74) is 0. The minimum Gasteiger partial charge on any atom is -0.439 e. The molecule has 1 aliphatic rings. The van der Waals surface area contributed by atoms with Gasteiger partial charge in [0.1, 0.15) is 23.7 Å². The minimum atomic E-state index is -0.327. The van der Waals surface area contributed by atoms with E-state index in [1.54, 1.807) is 18.2 Å². The monoisotopic (exact) mass is 287 g/mol. The van der Waals surface area contributed by atoms with Crippen LogP contribution < -0.4 is 9.64 Å². The summed E-state index contributed by atoms with van der Waals surface area (Å²) in [5, 5.41) is 0. The maximum atomic E-state index is 13.2. The molecule has 110 valence electrons. The van der Waals surface area contributed by atoms with Crippen LogP contribution in [0.1, 0.15) is 19.8 Å². The standard InChI is InChI=1S/C16H18FN3O/c1-12-5-7-20(8-6-12)15-10-16(19-11-18-15)21-14-4-2-3-13(17)9-14/h2-4,9-12H,5-8H2,1H3. The first kappa shape index (κ1) is 13.8. The third-order valence-electron chi connectivity index (χ3n) is 3.75. The van der Waals surface area contributed by atoms with Crippen LogP contribution >= 0.6 is 0 Å². The number of benzene rings is 1. The zero-order chi connectivity index (χ0) is 14.7. The first-order valence-electron chi connectivity index (χ1n) is 7.21. The highest BCUT2D eigenvalue weighted by atomic mass is 19.1. The van der Waals surface area contributed by atoms with Crippen molar-refractivity contribution in [2.75, 3.05) is 18.0 Å². The third kappa shape index (κ3) is 3.48. The average Bonchev–Trinajstić information content (AvgIpc) is 2.48. The quantitative estimate of drug-likeness (QED) is 0.863. The van der Waals surface area contributed by atoms with Crippen LogP contribution in [0.4, 0.5) is 10.2 Å². The van der Waals surface area contributed by atoms with E-state index < -0.39 is 0 Å². The Morgan fingerprint density at radius 2 is 2.00 bits per heavy atom. The molecule has 5 heteroatoms. The van der Waals surface area contributed by atoms with Crippen molar-refractivity contribution in [3.63, 3.8) is 0 Å². The van der Waals surface area contributed by atoms with E-state index >= 15 is 0 Å². The lowest BCUT2D eigenvalue weighted by atomic mass is 9.99.